The number of carbonyl (C=O) groups excluding carboxylic acids is 3. The first-order valence-electron chi connectivity index (χ1n) is 10.3. The minimum Gasteiger partial charge on any atom is -0.444 e. The SMILES string of the molecule is Cc1ccc(CCC(=O)NCc2cccc(NC(=O)CNC(=O)OC(C)(C)C)c2)cc1. The van der Waals surface area contributed by atoms with Crippen LogP contribution in [0.4, 0.5) is 10.5 Å². The summed E-state index contributed by atoms with van der Waals surface area (Å²) in [5, 5.41) is 8.03. The Morgan fingerprint density at radius 1 is 0.903 bits per heavy atom. The Kier molecular flexibility index (Phi) is 8.61. The fourth-order valence-corrected chi connectivity index (χ4v) is 2.73. The number of benzene rings is 2. The summed E-state index contributed by atoms with van der Waals surface area (Å²) < 4.78 is 5.09. The highest BCUT2D eigenvalue weighted by Crippen LogP contribution is 2.11. The molecule has 0 spiro atoms. The van der Waals surface area contributed by atoms with E-state index in [4.69, 9.17) is 4.74 Å². The van der Waals surface area contributed by atoms with Crippen molar-refractivity contribution in [1.29, 1.82) is 0 Å². The third-order valence-electron chi connectivity index (χ3n) is 4.25. The Bertz CT molecular complexity index is 902. The lowest BCUT2D eigenvalue weighted by molar-refractivity contribution is -0.121. The van der Waals surface area contributed by atoms with Gasteiger partial charge in [0.1, 0.15) is 12.1 Å². The summed E-state index contributed by atoms with van der Waals surface area (Å²) in [6, 6.07) is 15.3. The molecule has 0 heterocycles. The Morgan fingerprint density at radius 3 is 2.29 bits per heavy atom. The van der Waals surface area contributed by atoms with Gasteiger partial charge in [0.05, 0.1) is 0 Å². The summed E-state index contributed by atoms with van der Waals surface area (Å²) in [4.78, 5) is 35.8. The summed E-state index contributed by atoms with van der Waals surface area (Å²) in [6.07, 6.45) is 0.452. The third kappa shape index (κ3) is 9.80. The number of amides is 3. The number of nitrogens with one attached hydrogen (secondary N) is 3. The fourth-order valence-electron chi connectivity index (χ4n) is 2.73. The molecular weight excluding hydrogens is 394 g/mol. The maximum absolute atomic E-state index is 12.1. The molecule has 0 aromatic heterocycles. The molecule has 0 aliphatic rings. The van der Waals surface area contributed by atoms with Gasteiger partial charge in [-0.25, -0.2) is 4.79 Å². The van der Waals surface area contributed by atoms with Crippen molar-refractivity contribution in [2.75, 3.05) is 11.9 Å². The zero-order valence-corrected chi connectivity index (χ0v) is 18.6. The van der Waals surface area contributed by atoms with Gasteiger partial charge in [-0.2, -0.15) is 0 Å². The Hall–Kier alpha value is -3.35. The smallest absolute Gasteiger partial charge is 0.408 e. The molecule has 2 aromatic rings. The quantitative estimate of drug-likeness (QED) is 0.601. The zero-order valence-electron chi connectivity index (χ0n) is 18.6. The van der Waals surface area contributed by atoms with Crippen LogP contribution in [-0.2, 0) is 27.3 Å². The van der Waals surface area contributed by atoms with E-state index in [1.54, 1.807) is 39.0 Å². The highest BCUT2D eigenvalue weighted by molar-refractivity contribution is 5.93. The summed E-state index contributed by atoms with van der Waals surface area (Å²) >= 11 is 0. The predicted octanol–water partition coefficient (Wildman–Crippen LogP) is 3.71. The van der Waals surface area contributed by atoms with Crippen LogP contribution < -0.4 is 16.0 Å². The molecule has 7 heteroatoms. The van der Waals surface area contributed by atoms with Crippen molar-refractivity contribution in [3.63, 3.8) is 0 Å². The van der Waals surface area contributed by atoms with Crippen LogP contribution in [0.25, 0.3) is 0 Å². The van der Waals surface area contributed by atoms with Gasteiger partial charge < -0.3 is 20.7 Å². The molecule has 2 aromatic carbocycles. The molecule has 3 amide bonds. The topological polar surface area (TPSA) is 96.5 Å². The first-order chi connectivity index (χ1) is 14.6. The molecule has 0 fully saturated rings. The molecule has 2 rings (SSSR count). The molecule has 31 heavy (non-hydrogen) atoms. The molecular formula is C24H31N3O4. The van der Waals surface area contributed by atoms with Gasteiger partial charge in [0.2, 0.25) is 11.8 Å². The van der Waals surface area contributed by atoms with Gasteiger partial charge in [-0.05, 0) is 57.4 Å². The van der Waals surface area contributed by atoms with E-state index in [9.17, 15) is 14.4 Å². The number of rotatable bonds is 8. The largest absolute Gasteiger partial charge is 0.444 e. The molecule has 0 atom stereocenters. The van der Waals surface area contributed by atoms with E-state index in [0.29, 0.717) is 25.1 Å². The van der Waals surface area contributed by atoms with E-state index >= 15 is 0 Å². The van der Waals surface area contributed by atoms with E-state index in [2.05, 4.69) is 16.0 Å². The van der Waals surface area contributed by atoms with E-state index in [1.807, 2.05) is 37.3 Å². The second-order valence-corrected chi connectivity index (χ2v) is 8.37. The molecule has 0 radical (unpaired) electrons. The third-order valence-corrected chi connectivity index (χ3v) is 4.25. The standard InChI is InChI=1S/C24H31N3O4/c1-17-8-10-18(11-9-17)12-13-21(28)25-15-19-6-5-7-20(14-19)27-22(29)16-26-23(30)31-24(2,3)4/h5-11,14H,12-13,15-16H2,1-4H3,(H,25,28)(H,26,30)(H,27,29). The van der Waals surface area contributed by atoms with Crippen molar-refractivity contribution in [1.82, 2.24) is 10.6 Å². The van der Waals surface area contributed by atoms with E-state index in [-0.39, 0.29) is 18.4 Å². The van der Waals surface area contributed by atoms with Crippen LogP contribution in [0.5, 0.6) is 0 Å². The van der Waals surface area contributed by atoms with Crippen molar-refractivity contribution in [3.05, 3.63) is 65.2 Å². The van der Waals surface area contributed by atoms with E-state index in [0.717, 1.165) is 11.1 Å². The molecule has 0 bridgehead atoms. The minimum atomic E-state index is -0.648. The number of anilines is 1. The maximum Gasteiger partial charge on any atom is 0.408 e. The second-order valence-electron chi connectivity index (χ2n) is 8.37. The Morgan fingerprint density at radius 2 is 1.61 bits per heavy atom. The Balaban J connectivity index is 1.75. The van der Waals surface area contributed by atoms with Crippen LogP contribution in [0, 0.1) is 6.92 Å². The molecule has 166 valence electrons. The molecule has 3 N–H and O–H groups in total. The monoisotopic (exact) mass is 425 g/mol. The van der Waals surface area contributed by atoms with E-state index < -0.39 is 11.7 Å². The van der Waals surface area contributed by atoms with Crippen LogP contribution in [0.3, 0.4) is 0 Å². The molecule has 0 saturated heterocycles. The van der Waals surface area contributed by atoms with E-state index in [1.165, 1.54) is 5.56 Å². The average Bonchev–Trinajstić information content (AvgIpc) is 2.69. The van der Waals surface area contributed by atoms with Gasteiger partial charge in [-0.1, -0.05) is 42.0 Å². The summed E-state index contributed by atoms with van der Waals surface area (Å²) in [5.74, 6) is -0.401. The van der Waals surface area contributed by atoms with Crippen molar-refractivity contribution >= 4 is 23.6 Å². The van der Waals surface area contributed by atoms with Gasteiger partial charge in [-0.15, -0.1) is 0 Å². The number of alkyl carbamates (subject to hydrolysis) is 1. The lowest BCUT2D eigenvalue weighted by Crippen LogP contribution is -2.37. The normalized spacial score (nSPS) is 10.8. The second kappa shape index (κ2) is 11.2. The minimum absolute atomic E-state index is 0.0309. The number of hydrogen-bond acceptors (Lipinski definition) is 4. The van der Waals surface area contributed by atoms with Crippen LogP contribution in [-0.4, -0.2) is 30.1 Å². The van der Waals surface area contributed by atoms with Gasteiger partial charge in [0, 0.05) is 18.7 Å². The van der Waals surface area contributed by atoms with Crippen LogP contribution in [0.2, 0.25) is 0 Å². The predicted molar refractivity (Wildman–Crippen MR) is 121 cm³/mol. The van der Waals surface area contributed by atoms with Crippen molar-refractivity contribution in [2.45, 2.75) is 52.7 Å². The number of hydrogen-bond donors (Lipinski definition) is 3. The number of ether oxygens (including phenoxy) is 1. The van der Waals surface area contributed by atoms with Gasteiger partial charge in [0.15, 0.2) is 0 Å². The summed E-state index contributed by atoms with van der Waals surface area (Å²) in [6.45, 7) is 7.45. The lowest BCUT2D eigenvalue weighted by Gasteiger charge is -2.19. The first kappa shape index (κ1) is 23.9. The molecule has 7 nitrogen and oxygen atoms in total. The van der Waals surface area contributed by atoms with Crippen LogP contribution >= 0.6 is 0 Å². The average molecular weight is 426 g/mol. The highest BCUT2D eigenvalue weighted by Gasteiger charge is 2.16. The first-order valence-corrected chi connectivity index (χ1v) is 10.3. The highest BCUT2D eigenvalue weighted by atomic mass is 16.6. The van der Waals surface area contributed by atoms with Crippen molar-refractivity contribution in [2.24, 2.45) is 0 Å². The maximum atomic E-state index is 12.1. The van der Waals surface area contributed by atoms with Crippen molar-refractivity contribution < 1.29 is 19.1 Å². The van der Waals surface area contributed by atoms with Crippen molar-refractivity contribution in [3.8, 4) is 0 Å². The van der Waals surface area contributed by atoms with Gasteiger partial charge in [0.25, 0.3) is 0 Å². The number of aryl methyl sites for hydroxylation is 2. The number of carbonyl (C=O) groups is 3. The Labute approximate surface area is 183 Å². The summed E-state index contributed by atoms with van der Waals surface area (Å²) in [5.41, 5.74) is 3.15. The molecule has 0 unspecified atom stereocenters. The zero-order chi connectivity index (χ0) is 22.9. The van der Waals surface area contributed by atoms with Gasteiger partial charge in [-0.3, -0.25) is 9.59 Å². The summed E-state index contributed by atoms with van der Waals surface area (Å²) in [7, 11) is 0. The molecule has 0 aliphatic carbocycles. The lowest BCUT2D eigenvalue weighted by atomic mass is 10.1. The molecule has 0 saturated carbocycles. The fraction of sp³-hybridized carbons (Fsp3) is 0.375. The van der Waals surface area contributed by atoms with Crippen LogP contribution in [0.15, 0.2) is 48.5 Å². The molecule has 0 aliphatic heterocycles. The van der Waals surface area contributed by atoms with Crippen LogP contribution in [0.1, 0.15) is 43.9 Å². The van der Waals surface area contributed by atoms with Gasteiger partial charge >= 0.3 is 6.09 Å².